The van der Waals surface area contributed by atoms with Crippen molar-refractivity contribution in [3.63, 3.8) is 0 Å². The second kappa shape index (κ2) is 8.26. The van der Waals surface area contributed by atoms with Gasteiger partial charge in [-0.1, -0.05) is 38.3 Å². The molecule has 3 fully saturated rings. The van der Waals surface area contributed by atoms with Crippen LogP contribution in [0.2, 0.25) is 0 Å². The van der Waals surface area contributed by atoms with Gasteiger partial charge in [-0.3, -0.25) is 4.90 Å². The summed E-state index contributed by atoms with van der Waals surface area (Å²) in [6.45, 7) is 2.18. The number of thiocarbonyl (C=S) groups is 1. The number of rotatable bonds is 4. The van der Waals surface area contributed by atoms with Crippen LogP contribution in [0.1, 0.15) is 70.3 Å². The molecule has 1 aromatic rings. The van der Waals surface area contributed by atoms with Crippen LogP contribution < -0.4 is 10.6 Å². The van der Waals surface area contributed by atoms with Gasteiger partial charge in [-0.05, 0) is 74.9 Å². The van der Waals surface area contributed by atoms with Crippen LogP contribution in [0.25, 0.3) is 0 Å². The van der Waals surface area contributed by atoms with Crippen LogP contribution in [0.15, 0.2) is 24.3 Å². The Bertz CT molecular complexity index is 594. The molecule has 2 bridgehead atoms. The summed E-state index contributed by atoms with van der Waals surface area (Å²) in [5.41, 5.74) is 2.45. The van der Waals surface area contributed by atoms with Gasteiger partial charge in [-0.25, -0.2) is 0 Å². The maximum atomic E-state index is 5.61. The molecule has 0 spiro atoms. The normalized spacial score (nSPS) is 29.5. The van der Waals surface area contributed by atoms with E-state index in [9.17, 15) is 0 Å². The topological polar surface area (TPSA) is 27.3 Å². The first kappa shape index (κ1) is 18.2. The second-order valence-electron chi connectivity index (χ2n) is 8.44. The summed E-state index contributed by atoms with van der Waals surface area (Å²) >= 11 is 5.61. The molecule has 2 aliphatic heterocycles. The summed E-state index contributed by atoms with van der Waals surface area (Å²) in [6, 6.07) is 11.6. The zero-order chi connectivity index (χ0) is 17.9. The van der Waals surface area contributed by atoms with E-state index in [4.69, 9.17) is 12.2 Å². The van der Waals surface area contributed by atoms with Gasteiger partial charge >= 0.3 is 0 Å². The van der Waals surface area contributed by atoms with E-state index >= 15 is 0 Å². The van der Waals surface area contributed by atoms with Crippen molar-refractivity contribution < 1.29 is 0 Å². The molecule has 1 aliphatic carbocycles. The molecule has 0 aromatic heterocycles. The highest BCUT2D eigenvalue weighted by atomic mass is 32.1. The van der Waals surface area contributed by atoms with Gasteiger partial charge in [0.05, 0.1) is 0 Å². The van der Waals surface area contributed by atoms with E-state index in [1.54, 1.807) is 0 Å². The molecule has 1 saturated carbocycles. The number of nitrogens with one attached hydrogen (secondary N) is 2. The third-order valence-electron chi connectivity index (χ3n) is 6.73. The van der Waals surface area contributed by atoms with Crippen LogP contribution in [0.5, 0.6) is 0 Å². The lowest BCUT2D eigenvalue weighted by atomic mass is 9.80. The third kappa shape index (κ3) is 4.07. The fourth-order valence-corrected chi connectivity index (χ4v) is 5.80. The Morgan fingerprint density at radius 2 is 1.58 bits per heavy atom. The van der Waals surface area contributed by atoms with Crippen molar-refractivity contribution in [2.75, 3.05) is 5.32 Å². The van der Waals surface area contributed by atoms with Gasteiger partial charge in [0.1, 0.15) is 0 Å². The molecule has 1 aromatic carbocycles. The number of hydrogen-bond donors (Lipinski definition) is 2. The Morgan fingerprint density at radius 1 is 0.962 bits per heavy atom. The van der Waals surface area contributed by atoms with Gasteiger partial charge in [0, 0.05) is 29.9 Å². The highest BCUT2D eigenvalue weighted by molar-refractivity contribution is 7.80. The molecule has 3 nitrogen and oxygen atoms in total. The molecule has 142 valence electrons. The average molecular weight is 372 g/mol. The van der Waals surface area contributed by atoms with Crippen molar-refractivity contribution in [3.8, 4) is 0 Å². The fourth-order valence-electron chi connectivity index (χ4n) is 5.51. The van der Waals surface area contributed by atoms with E-state index < -0.39 is 0 Å². The summed E-state index contributed by atoms with van der Waals surface area (Å²) in [5.74, 6) is 0. The predicted octanol–water partition coefficient (Wildman–Crippen LogP) is 4.86. The van der Waals surface area contributed by atoms with E-state index in [0.29, 0.717) is 6.04 Å². The summed E-state index contributed by atoms with van der Waals surface area (Å²) in [7, 11) is 0. The van der Waals surface area contributed by atoms with Gasteiger partial charge < -0.3 is 10.6 Å². The predicted molar refractivity (Wildman–Crippen MR) is 114 cm³/mol. The first-order valence-electron chi connectivity index (χ1n) is 10.7. The lowest BCUT2D eigenvalue weighted by molar-refractivity contribution is -0.00596. The summed E-state index contributed by atoms with van der Waals surface area (Å²) in [6.07, 6.45) is 13.5. The quantitative estimate of drug-likeness (QED) is 0.739. The van der Waals surface area contributed by atoms with Crippen LogP contribution in [0.3, 0.4) is 0 Å². The Balaban J connectivity index is 1.33. The fraction of sp³-hybridized carbons (Fsp3) is 0.682. The number of benzene rings is 1. The van der Waals surface area contributed by atoms with E-state index in [0.717, 1.165) is 35.3 Å². The van der Waals surface area contributed by atoms with Gasteiger partial charge in [-0.15, -0.1) is 0 Å². The number of fused-ring (bicyclic) bond motifs is 2. The molecule has 2 N–H and O–H groups in total. The number of nitrogens with zero attached hydrogens (tertiary/aromatic N) is 1. The minimum atomic E-state index is 0.526. The zero-order valence-corrected chi connectivity index (χ0v) is 16.9. The van der Waals surface area contributed by atoms with Crippen molar-refractivity contribution in [1.82, 2.24) is 10.2 Å². The highest BCUT2D eigenvalue weighted by Crippen LogP contribution is 2.39. The first-order chi connectivity index (χ1) is 12.7. The Hall–Kier alpha value is -1.13. The van der Waals surface area contributed by atoms with E-state index in [1.807, 2.05) is 0 Å². The molecular formula is C22H33N3S. The molecule has 2 heterocycles. The maximum absolute atomic E-state index is 5.61. The average Bonchev–Trinajstić information content (AvgIpc) is 3.16. The monoisotopic (exact) mass is 371 g/mol. The van der Waals surface area contributed by atoms with Gasteiger partial charge in [-0.2, -0.15) is 0 Å². The third-order valence-corrected chi connectivity index (χ3v) is 6.95. The van der Waals surface area contributed by atoms with Crippen molar-refractivity contribution in [3.05, 3.63) is 29.8 Å². The molecule has 3 aliphatic rings. The first-order valence-corrected chi connectivity index (χ1v) is 11.1. The highest BCUT2D eigenvalue weighted by Gasteiger charge is 2.42. The summed E-state index contributed by atoms with van der Waals surface area (Å²) in [5, 5.41) is 7.79. The minimum absolute atomic E-state index is 0.526. The molecule has 0 unspecified atom stereocenters. The number of hydrogen-bond acceptors (Lipinski definition) is 2. The van der Waals surface area contributed by atoms with E-state index in [-0.39, 0.29) is 0 Å². The second-order valence-corrected chi connectivity index (χ2v) is 8.85. The number of piperidine rings is 2. The van der Waals surface area contributed by atoms with Crippen molar-refractivity contribution in [2.45, 2.75) is 95.3 Å². The van der Waals surface area contributed by atoms with Gasteiger partial charge in [0.25, 0.3) is 0 Å². The van der Waals surface area contributed by atoms with Crippen LogP contribution in [0.4, 0.5) is 5.69 Å². The Morgan fingerprint density at radius 3 is 2.19 bits per heavy atom. The molecule has 0 amide bonds. The lowest BCUT2D eigenvalue weighted by Crippen LogP contribution is -2.59. The van der Waals surface area contributed by atoms with Crippen LogP contribution in [-0.4, -0.2) is 34.2 Å². The van der Waals surface area contributed by atoms with E-state index in [2.05, 4.69) is 46.7 Å². The lowest BCUT2D eigenvalue weighted by Gasteiger charge is -2.52. The molecular weight excluding hydrogens is 338 g/mol. The zero-order valence-electron chi connectivity index (χ0n) is 16.0. The van der Waals surface area contributed by atoms with Crippen molar-refractivity contribution >= 4 is 23.0 Å². The van der Waals surface area contributed by atoms with E-state index in [1.165, 1.54) is 63.4 Å². The van der Waals surface area contributed by atoms with Crippen LogP contribution in [0, 0.1) is 0 Å². The maximum Gasteiger partial charge on any atom is 0.170 e. The van der Waals surface area contributed by atoms with Gasteiger partial charge in [0.2, 0.25) is 0 Å². The molecule has 0 radical (unpaired) electrons. The van der Waals surface area contributed by atoms with Crippen molar-refractivity contribution in [1.29, 1.82) is 0 Å². The van der Waals surface area contributed by atoms with Crippen molar-refractivity contribution in [2.24, 2.45) is 0 Å². The molecule has 26 heavy (non-hydrogen) atoms. The smallest absolute Gasteiger partial charge is 0.170 e. The summed E-state index contributed by atoms with van der Waals surface area (Å²) in [4.78, 5) is 2.93. The Kier molecular flexibility index (Phi) is 5.80. The SMILES string of the molecule is CCc1ccc(NC(=S)NC2C[C@@H]3CCC[C@@H](C2)N3C2CCCC2)cc1. The Labute approximate surface area is 163 Å². The standard InChI is InChI=1S/C22H33N3S/c1-2-16-10-12-17(13-11-16)23-22(26)24-18-14-20-8-5-9-21(15-18)25(20)19-6-3-4-7-19/h10-13,18-21H,2-9,14-15H2,1H3,(H2,23,24,26)/t20-,21-/m0/s1. The number of aryl methyl sites for hydroxylation is 1. The van der Waals surface area contributed by atoms with Crippen LogP contribution in [-0.2, 0) is 6.42 Å². The molecule has 4 rings (SSSR count). The molecule has 2 atom stereocenters. The number of anilines is 1. The van der Waals surface area contributed by atoms with Gasteiger partial charge in [0.15, 0.2) is 5.11 Å². The largest absolute Gasteiger partial charge is 0.360 e. The molecule has 4 heteroatoms. The summed E-state index contributed by atoms with van der Waals surface area (Å²) < 4.78 is 0. The minimum Gasteiger partial charge on any atom is -0.360 e. The van der Waals surface area contributed by atoms with Crippen LogP contribution >= 0.6 is 12.2 Å². The molecule has 2 saturated heterocycles.